The van der Waals surface area contributed by atoms with Gasteiger partial charge in [0.25, 0.3) is 0 Å². The van der Waals surface area contributed by atoms with Crippen molar-refractivity contribution in [3.8, 4) is 0 Å². The molecule has 3 nitrogen and oxygen atoms in total. The SMILES string of the molecule is CC(C)CCNc1cccnc1N. The van der Waals surface area contributed by atoms with Crippen LogP contribution in [0.25, 0.3) is 0 Å². The molecule has 3 N–H and O–H groups in total. The lowest BCUT2D eigenvalue weighted by Crippen LogP contribution is -2.07. The van der Waals surface area contributed by atoms with E-state index in [2.05, 4.69) is 24.1 Å². The van der Waals surface area contributed by atoms with Crippen molar-refractivity contribution in [3.63, 3.8) is 0 Å². The summed E-state index contributed by atoms with van der Waals surface area (Å²) in [4.78, 5) is 3.99. The van der Waals surface area contributed by atoms with Gasteiger partial charge >= 0.3 is 0 Å². The number of anilines is 2. The second-order valence-electron chi connectivity index (χ2n) is 3.55. The second-order valence-corrected chi connectivity index (χ2v) is 3.55. The highest BCUT2D eigenvalue weighted by molar-refractivity contribution is 5.60. The van der Waals surface area contributed by atoms with E-state index in [4.69, 9.17) is 5.73 Å². The summed E-state index contributed by atoms with van der Waals surface area (Å²) in [6.45, 7) is 5.36. The Morgan fingerprint density at radius 2 is 2.31 bits per heavy atom. The molecule has 1 aromatic heterocycles. The molecule has 0 aliphatic rings. The number of hydrogen-bond donors (Lipinski definition) is 2. The summed E-state index contributed by atoms with van der Waals surface area (Å²) in [5.74, 6) is 1.29. The molecule has 1 rings (SSSR count). The molecule has 0 bridgehead atoms. The van der Waals surface area contributed by atoms with E-state index in [1.807, 2.05) is 12.1 Å². The molecule has 0 fully saturated rings. The van der Waals surface area contributed by atoms with E-state index < -0.39 is 0 Å². The van der Waals surface area contributed by atoms with Crippen molar-refractivity contribution in [3.05, 3.63) is 18.3 Å². The first-order chi connectivity index (χ1) is 6.20. The van der Waals surface area contributed by atoms with Gasteiger partial charge in [0.2, 0.25) is 0 Å². The Balaban J connectivity index is 2.41. The maximum Gasteiger partial charge on any atom is 0.146 e. The summed E-state index contributed by atoms with van der Waals surface area (Å²) in [7, 11) is 0. The molecule has 0 unspecified atom stereocenters. The zero-order valence-corrected chi connectivity index (χ0v) is 8.25. The van der Waals surface area contributed by atoms with E-state index in [0.29, 0.717) is 11.7 Å². The zero-order chi connectivity index (χ0) is 9.68. The largest absolute Gasteiger partial charge is 0.382 e. The van der Waals surface area contributed by atoms with Gasteiger partial charge in [0, 0.05) is 12.7 Å². The molecule has 1 aromatic rings. The van der Waals surface area contributed by atoms with Crippen LogP contribution in [0, 0.1) is 5.92 Å². The molecule has 0 saturated heterocycles. The van der Waals surface area contributed by atoms with E-state index in [1.165, 1.54) is 0 Å². The van der Waals surface area contributed by atoms with Crippen molar-refractivity contribution in [2.45, 2.75) is 20.3 Å². The van der Waals surface area contributed by atoms with Crippen LogP contribution in [0.4, 0.5) is 11.5 Å². The van der Waals surface area contributed by atoms with Gasteiger partial charge in [0.05, 0.1) is 5.69 Å². The van der Waals surface area contributed by atoms with Crippen molar-refractivity contribution < 1.29 is 0 Å². The Kier molecular flexibility index (Phi) is 3.55. The van der Waals surface area contributed by atoms with E-state index in [1.54, 1.807) is 6.20 Å². The van der Waals surface area contributed by atoms with Crippen LogP contribution in [0.15, 0.2) is 18.3 Å². The van der Waals surface area contributed by atoms with Gasteiger partial charge < -0.3 is 11.1 Å². The molecule has 0 aromatic carbocycles. The van der Waals surface area contributed by atoms with Crippen LogP contribution in [-0.4, -0.2) is 11.5 Å². The molecule has 3 heteroatoms. The van der Waals surface area contributed by atoms with E-state index in [9.17, 15) is 0 Å². The maximum atomic E-state index is 5.66. The summed E-state index contributed by atoms with van der Waals surface area (Å²) >= 11 is 0. The maximum absolute atomic E-state index is 5.66. The van der Waals surface area contributed by atoms with Crippen LogP contribution in [0.1, 0.15) is 20.3 Å². The number of pyridine rings is 1. The standard InChI is InChI=1S/C10H17N3/c1-8(2)5-7-12-9-4-3-6-13-10(9)11/h3-4,6,8,12H,5,7H2,1-2H3,(H2,11,13). The third-order valence-corrected chi connectivity index (χ3v) is 1.88. The molecule has 0 radical (unpaired) electrons. The lowest BCUT2D eigenvalue weighted by Gasteiger charge is -2.09. The van der Waals surface area contributed by atoms with Crippen LogP contribution >= 0.6 is 0 Å². The van der Waals surface area contributed by atoms with Gasteiger partial charge in [-0.2, -0.15) is 0 Å². The number of nitrogens with two attached hydrogens (primary N) is 1. The van der Waals surface area contributed by atoms with Crippen molar-refractivity contribution in [1.29, 1.82) is 0 Å². The predicted octanol–water partition coefficient (Wildman–Crippen LogP) is 2.12. The quantitative estimate of drug-likeness (QED) is 0.744. The lowest BCUT2D eigenvalue weighted by molar-refractivity contribution is 0.607. The van der Waals surface area contributed by atoms with Crippen molar-refractivity contribution in [2.24, 2.45) is 5.92 Å². The number of nitrogens with one attached hydrogen (secondary N) is 1. The van der Waals surface area contributed by atoms with Gasteiger partial charge in [0.15, 0.2) is 0 Å². The van der Waals surface area contributed by atoms with Gasteiger partial charge in [-0.1, -0.05) is 13.8 Å². The summed E-state index contributed by atoms with van der Waals surface area (Å²) in [5.41, 5.74) is 6.60. The van der Waals surface area contributed by atoms with Crippen molar-refractivity contribution in [1.82, 2.24) is 4.98 Å². The Hall–Kier alpha value is -1.25. The fourth-order valence-electron chi connectivity index (χ4n) is 1.06. The van der Waals surface area contributed by atoms with Crippen LogP contribution in [0.2, 0.25) is 0 Å². The first-order valence-corrected chi connectivity index (χ1v) is 4.64. The number of nitrogen functional groups attached to an aromatic ring is 1. The van der Waals surface area contributed by atoms with Crippen LogP contribution in [0.5, 0.6) is 0 Å². The number of aromatic nitrogens is 1. The first-order valence-electron chi connectivity index (χ1n) is 4.64. The molecule has 0 atom stereocenters. The molecule has 0 amide bonds. The Morgan fingerprint density at radius 1 is 1.54 bits per heavy atom. The van der Waals surface area contributed by atoms with Crippen LogP contribution in [-0.2, 0) is 0 Å². The lowest BCUT2D eigenvalue weighted by atomic mass is 10.1. The summed E-state index contributed by atoms with van der Waals surface area (Å²) < 4.78 is 0. The predicted molar refractivity (Wildman–Crippen MR) is 56.6 cm³/mol. The summed E-state index contributed by atoms with van der Waals surface area (Å²) in [6, 6.07) is 3.83. The smallest absolute Gasteiger partial charge is 0.146 e. The normalized spacial score (nSPS) is 10.4. The first kappa shape index (κ1) is 9.84. The van der Waals surface area contributed by atoms with Gasteiger partial charge in [-0.05, 0) is 24.5 Å². The molecule has 0 spiro atoms. The fraction of sp³-hybridized carbons (Fsp3) is 0.500. The molecular weight excluding hydrogens is 162 g/mol. The summed E-state index contributed by atoms with van der Waals surface area (Å²) in [5, 5.41) is 3.26. The van der Waals surface area contributed by atoms with E-state index in [-0.39, 0.29) is 0 Å². The average Bonchev–Trinajstić information content (AvgIpc) is 2.08. The third kappa shape index (κ3) is 3.32. The molecule has 72 valence electrons. The van der Waals surface area contributed by atoms with Crippen LogP contribution < -0.4 is 11.1 Å². The van der Waals surface area contributed by atoms with Crippen molar-refractivity contribution >= 4 is 11.5 Å². The molecule has 1 heterocycles. The van der Waals surface area contributed by atoms with E-state index in [0.717, 1.165) is 18.7 Å². The Morgan fingerprint density at radius 3 is 2.92 bits per heavy atom. The topological polar surface area (TPSA) is 50.9 Å². The highest BCUT2D eigenvalue weighted by atomic mass is 14.9. The van der Waals surface area contributed by atoms with Gasteiger partial charge in [-0.15, -0.1) is 0 Å². The highest BCUT2D eigenvalue weighted by Gasteiger charge is 1.98. The van der Waals surface area contributed by atoms with Crippen molar-refractivity contribution in [2.75, 3.05) is 17.6 Å². The molecule has 0 aliphatic heterocycles. The number of nitrogens with zero attached hydrogens (tertiary/aromatic N) is 1. The molecule has 13 heavy (non-hydrogen) atoms. The second kappa shape index (κ2) is 4.70. The number of hydrogen-bond acceptors (Lipinski definition) is 3. The van der Waals surface area contributed by atoms with Gasteiger partial charge in [-0.25, -0.2) is 4.98 Å². The van der Waals surface area contributed by atoms with Gasteiger partial charge in [-0.3, -0.25) is 0 Å². The minimum Gasteiger partial charge on any atom is -0.382 e. The number of rotatable bonds is 4. The Labute approximate surface area is 79.4 Å². The monoisotopic (exact) mass is 179 g/mol. The minimum atomic E-state index is 0.575. The summed E-state index contributed by atoms with van der Waals surface area (Å²) in [6.07, 6.45) is 2.84. The highest BCUT2D eigenvalue weighted by Crippen LogP contribution is 2.13. The average molecular weight is 179 g/mol. The van der Waals surface area contributed by atoms with Gasteiger partial charge in [0.1, 0.15) is 5.82 Å². The zero-order valence-electron chi connectivity index (χ0n) is 8.25. The van der Waals surface area contributed by atoms with Crippen LogP contribution in [0.3, 0.4) is 0 Å². The molecule has 0 saturated carbocycles. The fourth-order valence-corrected chi connectivity index (χ4v) is 1.06. The van der Waals surface area contributed by atoms with E-state index >= 15 is 0 Å². The molecular formula is C10H17N3. The third-order valence-electron chi connectivity index (χ3n) is 1.88. The Bertz CT molecular complexity index is 258. The molecule has 0 aliphatic carbocycles. The minimum absolute atomic E-state index is 0.575.